The highest BCUT2D eigenvalue weighted by Gasteiger charge is 2.14. The molecule has 3 aromatic rings. The predicted molar refractivity (Wildman–Crippen MR) is 132 cm³/mol. The molecule has 0 unspecified atom stereocenters. The van der Waals surface area contributed by atoms with Gasteiger partial charge in [0.2, 0.25) is 0 Å². The third-order valence-corrected chi connectivity index (χ3v) is 5.55. The SMILES string of the molecule is CCN(CC)CCOc1ccc(/C(=C(/CNC)c2ccccc2)c2ccccc2)cc1. The van der Waals surface area contributed by atoms with Gasteiger partial charge in [-0.1, -0.05) is 86.6 Å². The summed E-state index contributed by atoms with van der Waals surface area (Å²) in [5, 5.41) is 3.36. The summed E-state index contributed by atoms with van der Waals surface area (Å²) >= 11 is 0. The first-order valence-electron chi connectivity index (χ1n) is 11.2. The Balaban J connectivity index is 1.93. The number of hydrogen-bond donors (Lipinski definition) is 1. The Hall–Kier alpha value is -2.88. The minimum absolute atomic E-state index is 0.706. The molecule has 0 saturated heterocycles. The van der Waals surface area contributed by atoms with Crippen molar-refractivity contribution in [2.75, 3.05) is 39.8 Å². The van der Waals surface area contributed by atoms with Crippen LogP contribution >= 0.6 is 0 Å². The Labute approximate surface area is 187 Å². The van der Waals surface area contributed by atoms with E-state index in [1.54, 1.807) is 0 Å². The molecular formula is C28H34N2O. The fourth-order valence-corrected chi connectivity index (χ4v) is 3.82. The van der Waals surface area contributed by atoms with E-state index in [-0.39, 0.29) is 0 Å². The summed E-state index contributed by atoms with van der Waals surface area (Å²) in [5.74, 6) is 0.915. The average Bonchev–Trinajstić information content (AvgIpc) is 2.84. The summed E-state index contributed by atoms with van der Waals surface area (Å²) in [4.78, 5) is 2.37. The standard InChI is InChI=1S/C28H34N2O/c1-4-30(5-2)20-21-31-26-18-16-25(17-19-26)28(24-14-10-7-11-15-24)27(22-29-3)23-12-8-6-9-13-23/h6-19,29H,4-5,20-22H2,1-3H3/b28-27-. The van der Waals surface area contributed by atoms with Gasteiger partial charge in [-0.05, 0) is 60.1 Å². The van der Waals surface area contributed by atoms with Crippen LogP contribution in [-0.2, 0) is 0 Å². The van der Waals surface area contributed by atoms with Crippen LogP contribution in [0, 0.1) is 0 Å². The molecule has 3 aromatic carbocycles. The molecule has 0 aliphatic heterocycles. The molecule has 3 nitrogen and oxygen atoms in total. The molecule has 31 heavy (non-hydrogen) atoms. The Morgan fingerprint density at radius 2 is 1.29 bits per heavy atom. The Bertz CT molecular complexity index is 930. The zero-order valence-electron chi connectivity index (χ0n) is 19.0. The van der Waals surface area contributed by atoms with E-state index in [0.29, 0.717) is 6.61 Å². The zero-order chi connectivity index (χ0) is 21.9. The van der Waals surface area contributed by atoms with Gasteiger partial charge in [0, 0.05) is 13.1 Å². The number of benzene rings is 3. The maximum atomic E-state index is 6.00. The molecular weight excluding hydrogens is 380 g/mol. The van der Waals surface area contributed by atoms with Crippen LogP contribution in [-0.4, -0.2) is 44.7 Å². The number of ether oxygens (including phenoxy) is 1. The summed E-state index contributed by atoms with van der Waals surface area (Å²) in [6.45, 7) is 8.92. The van der Waals surface area contributed by atoms with Crippen molar-refractivity contribution < 1.29 is 4.74 Å². The largest absolute Gasteiger partial charge is 0.492 e. The van der Waals surface area contributed by atoms with Gasteiger partial charge in [0.15, 0.2) is 0 Å². The molecule has 1 N–H and O–H groups in total. The molecule has 0 spiro atoms. The van der Waals surface area contributed by atoms with Gasteiger partial charge in [-0.3, -0.25) is 0 Å². The van der Waals surface area contributed by atoms with Crippen LogP contribution in [0.3, 0.4) is 0 Å². The zero-order valence-corrected chi connectivity index (χ0v) is 19.0. The van der Waals surface area contributed by atoms with Crippen LogP contribution in [0.1, 0.15) is 30.5 Å². The van der Waals surface area contributed by atoms with Crippen molar-refractivity contribution in [3.63, 3.8) is 0 Å². The van der Waals surface area contributed by atoms with Crippen molar-refractivity contribution in [3.05, 3.63) is 102 Å². The van der Waals surface area contributed by atoms with E-state index in [1.165, 1.54) is 27.8 Å². The van der Waals surface area contributed by atoms with Gasteiger partial charge >= 0.3 is 0 Å². The van der Waals surface area contributed by atoms with Gasteiger partial charge in [-0.2, -0.15) is 0 Å². The lowest BCUT2D eigenvalue weighted by Gasteiger charge is -2.19. The summed E-state index contributed by atoms with van der Waals surface area (Å²) < 4.78 is 6.00. The van der Waals surface area contributed by atoms with E-state index in [0.717, 1.165) is 31.9 Å². The predicted octanol–water partition coefficient (Wildman–Crippen LogP) is 5.59. The van der Waals surface area contributed by atoms with Crippen LogP contribution < -0.4 is 10.1 Å². The maximum Gasteiger partial charge on any atom is 0.119 e. The molecule has 0 radical (unpaired) electrons. The molecule has 0 bridgehead atoms. The lowest BCUT2D eigenvalue weighted by atomic mass is 9.89. The number of rotatable bonds is 11. The van der Waals surface area contributed by atoms with E-state index in [4.69, 9.17) is 4.74 Å². The lowest BCUT2D eigenvalue weighted by Crippen LogP contribution is -2.27. The third kappa shape index (κ3) is 6.30. The van der Waals surface area contributed by atoms with Crippen LogP contribution in [0.15, 0.2) is 84.9 Å². The van der Waals surface area contributed by atoms with Gasteiger partial charge in [0.05, 0.1) is 0 Å². The summed E-state index contributed by atoms with van der Waals surface area (Å²) in [5.41, 5.74) is 6.17. The first kappa shape index (κ1) is 22.8. The molecule has 0 aromatic heterocycles. The molecule has 0 fully saturated rings. The van der Waals surface area contributed by atoms with E-state index in [9.17, 15) is 0 Å². The first-order chi connectivity index (χ1) is 15.3. The third-order valence-electron chi connectivity index (χ3n) is 5.55. The van der Waals surface area contributed by atoms with Crippen LogP contribution in [0.4, 0.5) is 0 Å². The molecule has 0 aliphatic rings. The second-order valence-electron chi connectivity index (χ2n) is 7.52. The molecule has 3 rings (SSSR count). The minimum Gasteiger partial charge on any atom is -0.492 e. The fourth-order valence-electron chi connectivity index (χ4n) is 3.82. The number of nitrogens with zero attached hydrogens (tertiary/aromatic N) is 1. The molecule has 3 heteroatoms. The highest BCUT2D eigenvalue weighted by Crippen LogP contribution is 2.33. The van der Waals surface area contributed by atoms with Crippen LogP contribution in [0.5, 0.6) is 5.75 Å². The Morgan fingerprint density at radius 1 is 0.742 bits per heavy atom. The normalized spacial score (nSPS) is 12.0. The van der Waals surface area contributed by atoms with Crippen molar-refractivity contribution >= 4 is 11.1 Å². The number of hydrogen-bond acceptors (Lipinski definition) is 3. The molecule has 0 atom stereocenters. The molecule has 0 aliphatic carbocycles. The van der Waals surface area contributed by atoms with Crippen LogP contribution in [0.25, 0.3) is 11.1 Å². The summed E-state index contributed by atoms with van der Waals surface area (Å²) in [6.07, 6.45) is 0. The Kier molecular flexibility index (Phi) is 8.89. The molecule has 0 amide bonds. The molecule has 0 saturated carbocycles. The minimum atomic E-state index is 0.706. The first-order valence-corrected chi connectivity index (χ1v) is 11.2. The highest BCUT2D eigenvalue weighted by atomic mass is 16.5. The smallest absolute Gasteiger partial charge is 0.119 e. The second kappa shape index (κ2) is 12.1. The summed E-state index contributed by atoms with van der Waals surface area (Å²) in [7, 11) is 2.00. The lowest BCUT2D eigenvalue weighted by molar-refractivity contribution is 0.223. The number of nitrogens with one attached hydrogen (secondary N) is 1. The van der Waals surface area contributed by atoms with Crippen LogP contribution in [0.2, 0.25) is 0 Å². The Morgan fingerprint density at radius 3 is 1.84 bits per heavy atom. The maximum absolute atomic E-state index is 6.00. The van der Waals surface area contributed by atoms with Crippen molar-refractivity contribution in [3.8, 4) is 5.75 Å². The number of likely N-dealkylation sites (N-methyl/N-ethyl adjacent to an activating group) is 2. The van der Waals surface area contributed by atoms with E-state index < -0.39 is 0 Å². The van der Waals surface area contributed by atoms with Gasteiger partial charge < -0.3 is 15.0 Å². The van der Waals surface area contributed by atoms with Crippen molar-refractivity contribution in [2.24, 2.45) is 0 Å². The van der Waals surface area contributed by atoms with E-state index in [1.807, 2.05) is 7.05 Å². The van der Waals surface area contributed by atoms with Crippen molar-refractivity contribution in [1.29, 1.82) is 0 Å². The summed E-state index contributed by atoms with van der Waals surface area (Å²) in [6, 6.07) is 29.8. The van der Waals surface area contributed by atoms with Gasteiger partial charge in [-0.25, -0.2) is 0 Å². The van der Waals surface area contributed by atoms with Gasteiger partial charge in [0.25, 0.3) is 0 Å². The fraction of sp³-hybridized carbons (Fsp3) is 0.286. The quantitative estimate of drug-likeness (QED) is 0.414. The second-order valence-corrected chi connectivity index (χ2v) is 7.52. The van der Waals surface area contributed by atoms with Gasteiger partial charge in [-0.15, -0.1) is 0 Å². The van der Waals surface area contributed by atoms with E-state index in [2.05, 4.69) is 109 Å². The highest BCUT2D eigenvalue weighted by molar-refractivity contribution is 5.99. The van der Waals surface area contributed by atoms with E-state index >= 15 is 0 Å². The van der Waals surface area contributed by atoms with Crippen molar-refractivity contribution in [1.82, 2.24) is 10.2 Å². The average molecular weight is 415 g/mol. The molecule has 0 heterocycles. The molecule has 162 valence electrons. The topological polar surface area (TPSA) is 24.5 Å². The van der Waals surface area contributed by atoms with Crippen molar-refractivity contribution in [2.45, 2.75) is 13.8 Å². The monoisotopic (exact) mass is 414 g/mol. The van der Waals surface area contributed by atoms with Gasteiger partial charge in [0.1, 0.15) is 12.4 Å².